The number of carbonyl (C=O) groups is 1. The van der Waals surface area contributed by atoms with E-state index in [2.05, 4.69) is 19.7 Å². The second kappa shape index (κ2) is 10.0. The van der Waals surface area contributed by atoms with Gasteiger partial charge in [0, 0.05) is 57.1 Å². The molecule has 35 heavy (non-hydrogen) atoms. The number of halogens is 2. The summed E-state index contributed by atoms with van der Waals surface area (Å²) in [6.45, 7) is 5.22. The Hall–Kier alpha value is -3.50. The van der Waals surface area contributed by atoms with E-state index in [9.17, 15) is 9.18 Å². The average molecular weight is 498 g/mol. The summed E-state index contributed by atoms with van der Waals surface area (Å²) in [5.74, 6) is 0.998. The van der Waals surface area contributed by atoms with Crippen molar-refractivity contribution in [3.05, 3.63) is 59.0 Å². The fourth-order valence-electron chi connectivity index (χ4n) is 4.28. The summed E-state index contributed by atoms with van der Waals surface area (Å²) < 4.78 is 19.3. The van der Waals surface area contributed by atoms with Gasteiger partial charge in [-0.05, 0) is 30.3 Å². The van der Waals surface area contributed by atoms with Gasteiger partial charge in [-0.1, -0.05) is 11.6 Å². The maximum Gasteiger partial charge on any atom is 0.252 e. The Morgan fingerprint density at radius 2 is 1.71 bits per heavy atom. The van der Waals surface area contributed by atoms with Crippen LogP contribution in [0.3, 0.4) is 0 Å². The van der Waals surface area contributed by atoms with Crippen molar-refractivity contribution in [3.63, 3.8) is 0 Å². The van der Waals surface area contributed by atoms with Crippen LogP contribution in [0.2, 0.25) is 5.02 Å². The first-order valence-corrected chi connectivity index (χ1v) is 11.8. The first-order chi connectivity index (χ1) is 17.0. The highest BCUT2D eigenvalue weighted by molar-refractivity contribution is 6.31. The standard InChI is InChI=1S/C24H25ClFN7O2/c25-18-14-16(3-4-19(18)26)20-15-21(30-24(29-20)33-10-12-35-13-11-33)31-6-8-32(9-7-31)23-17(22(27)34)2-1-5-28-23/h1-5,14-15H,6-13H2,(H2,27,34). The van der Waals surface area contributed by atoms with E-state index in [4.69, 9.17) is 32.0 Å². The molecule has 11 heteroatoms. The lowest BCUT2D eigenvalue weighted by atomic mass is 10.1. The number of hydrogen-bond acceptors (Lipinski definition) is 8. The number of carbonyl (C=O) groups excluding carboxylic acids is 1. The van der Waals surface area contributed by atoms with Gasteiger partial charge in [0.05, 0.1) is 29.5 Å². The lowest BCUT2D eigenvalue weighted by molar-refractivity contribution is 0.100. The predicted molar refractivity (Wildman–Crippen MR) is 133 cm³/mol. The SMILES string of the molecule is NC(=O)c1cccnc1N1CCN(c2cc(-c3ccc(F)c(Cl)c3)nc(N3CCOCC3)n2)CC1. The van der Waals surface area contributed by atoms with Crippen LogP contribution in [-0.4, -0.2) is 73.3 Å². The molecule has 5 rings (SSSR count). The fraction of sp³-hybridized carbons (Fsp3) is 0.333. The van der Waals surface area contributed by atoms with Gasteiger partial charge in [0.2, 0.25) is 5.95 Å². The Balaban J connectivity index is 1.43. The smallest absolute Gasteiger partial charge is 0.252 e. The van der Waals surface area contributed by atoms with Crippen LogP contribution in [0.15, 0.2) is 42.6 Å². The summed E-state index contributed by atoms with van der Waals surface area (Å²) >= 11 is 6.05. The van der Waals surface area contributed by atoms with Gasteiger partial charge in [-0.2, -0.15) is 4.98 Å². The molecular weight excluding hydrogens is 473 g/mol. The number of pyridine rings is 1. The van der Waals surface area contributed by atoms with Crippen LogP contribution in [0.5, 0.6) is 0 Å². The largest absolute Gasteiger partial charge is 0.378 e. The molecule has 2 N–H and O–H groups in total. The summed E-state index contributed by atoms with van der Waals surface area (Å²) in [5.41, 5.74) is 7.33. The third kappa shape index (κ3) is 4.98. The summed E-state index contributed by atoms with van der Waals surface area (Å²) in [7, 11) is 0. The van der Waals surface area contributed by atoms with Crippen molar-refractivity contribution in [2.45, 2.75) is 0 Å². The molecule has 0 saturated carbocycles. The van der Waals surface area contributed by atoms with Crippen molar-refractivity contribution in [2.24, 2.45) is 5.73 Å². The Morgan fingerprint density at radius 1 is 0.971 bits per heavy atom. The number of aromatic nitrogens is 3. The molecule has 0 unspecified atom stereocenters. The molecule has 1 aromatic carbocycles. The summed E-state index contributed by atoms with van der Waals surface area (Å²) in [4.78, 5) is 32.2. The number of benzene rings is 1. The zero-order chi connectivity index (χ0) is 24.4. The fourth-order valence-corrected chi connectivity index (χ4v) is 4.46. The van der Waals surface area contributed by atoms with Crippen LogP contribution in [0, 0.1) is 5.82 Å². The van der Waals surface area contributed by atoms with Crippen LogP contribution in [0.1, 0.15) is 10.4 Å². The zero-order valence-corrected chi connectivity index (χ0v) is 19.8. The van der Waals surface area contributed by atoms with Gasteiger partial charge in [-0.25, -0.2) is 14.4 Å². The highest BCUT2D eigenvalue weighted by Crippen LogP contribution is 2.29. The number of primary amides is 1. The Bertz CT molecular complexity index is 1230. The van der Waals surface area contributed by atoms with Gasteiger partial charge in [-0.3, -0.25) is 4.79 Å². The highest BCUT2D eigenvalue weighted by Gasteiger charge is 2.24. The first kappa shape index (κ1) is 23.3. The maximum atomic E-state index is 13.8. The molecule has 0 atom stereocenters. The normalized spacial score (nSPS) is 16.5. The summed E-state index contributed by atoms with van der Waals surface area (Å²) in [5, 5.41) is 0.0461. The maximum absolute atomic E-state index is 13.8. The molecule has 2 saturated heterocycles. The molecular formula is C24H25ClFN7O2. The van der Waals surface area contributed by atoms with E-state index < -0.39 is 11.7 Å². The van der Waals surface area contributed by atoms with Crippen molar-refractivity contribution in [1.82, 2.24) is 15.0 Å². The minimum Gasteiger partial charge on any atom is -0.378 e. The van der Waals surface area contributed by atoms with Gasteiger partial charge in [-0.15, -0.1) is 0 Å². The van der Waals surface area contributed by atoms with Crippen LogP contribution in [-0.2, 0) is 4.74 Å². The number of amides is 1. The molecule has 4 heterocycles. The Morgan fingerprint density at radius 3 is 2.43 bits per heavy atom. The molecule has 0 bridgehead atoms. The van der Waals surface area contributed by atoms with Crippen molar-refractivity contribution < 1.29 is 13.9 Å². The third-order valence-corrected chi connectivity index (χ3v) is 6.46. The van der Waals surface area contributed by atoms with Crippen LogP contribution >= 0.6 is 11.6 Å². The topological polar surface area (TPSA) is 101 Å². The summed E-state index contributed by atoms with van der Waals surface area (Å²) in [6, 6.07) is 9.89. The number of rotatable bonds is 5. The van der Waals surface area contributed by atoms with E-state index in [0.717, 1.165) is 5.82 Å². The van der Waals surface area contributed by atoms with Crippen molar-refractivity contribution >= 4 is 35.1 Å². The van der Waals surface area contributed by atoms with Crippen molar-refractivity contribution in [1.29, 1.82) is 0 Å². The van der Waals surface area contributed by atoms with Crippen LogP contribution in [0.4, 0.5) is 22.0 Å². The predicted octanol–water partition coefficient (Wildman–Crippen LogP) is 2.59. The van der Waals surface area contributed by atoms with Crippen molar-refractivity contribution in [2.75, 3.05) is 67.2 Å². The second-order valence-corrected chi connectivity index (χ2v) is 8.76. The number of ether oxygens (including phenoxy) is 1. The Kier molecular flexibility index (Phi) is 6.65. The second-order valence-electron chi connectivity index (χ2n) is 8.35. The van der Waals surface area contributed by atoms with E-state index in [1.54, 1.807) is 30.5 Å². The molecule has 0 spiro atoms. The molecule has 1 amide bonds. The van der Waals surface area contributed by atoms with Gasteiger partial charge in [0.25, 0.3) is 5.91 Å². The van der Waals surface area contributed by atoms with E-state index >= 15 is 0 Å². The number of anilines is 3. The van der Waals surface area contributed by atoms with Gasteiger partial charge in [0.1, 0.15) is 17.5 Å². The molecule has 0 aliphatic carbocycles. The minimum absolute atomic E-state index is 0.0461. The number of nitrogens with zero attached hydrogens (tertiary/aromatic N) is 6. The first-order valence-electron chi connectivity index (χ1n) is 11.4. The Labute approximate surface area is 207 Å². The molecule has 2 aromatic heterocycles. The van der Waals surface area contributed by atoms with Gasteiger partial charge >= 0.3 is 0 Å². The molecule has 2 aliphatic heterocycles. The minimum atomic E-state index is -0.496. The van der Waals surface area contributed by atoms with Crippen LogP contribution in [0.25, 0.3) is 11.3 Å². The lowest BCUT2D eigenvalue weighted by Gasteiger charge is -2.37. The number of piperazine rings is 1. The lowest BCUT2D eigenvalue weighted by Crippen LogP contribution is -2.48. The third-order valence-electron chi connectivity index (χ3n) is 6.17. The molecule has 3 aromatic rings. The molecule has 0 radical (unpaired) electrons. The van der Waals surface area contributed by atoms with Crippen molar-refractivity contribution in [3.8, 4) is 11.3 Å². The molecule has 2 fully saturated rings. The quantitative estimate of drug-likeness (QED) is 0.574. The highest BCUT2D eigenvalue weighted by atomic mass is 35.5. The molecule has 9 nitrogen and oxygen atoms in total. The number of morpholine rings is 1. The van der Waals surface area contributed by atoms with E-state index in [1.165, 1.54) is 6.07 Å². The number of nitrogens with two attached hydrogens (primary N) is 1. The molecule has 182 valence electrons. The van der Waals surface area contributed by atoms with E-state index in [0.29, 0.717) is 81.1 Å². The molecule has 2 aliphatic rings. The van der Waals surface area contributed by atoms with E-state index in [-0.39, 0.29) is 5.02 Å². The number of hydrogen-bond donors (Lipinski definition) is 1. The van der Waals surface area contributed by atoms with Gasteiger partial charge < -0.3 is 25.2 Å². The van der Waals surface area contributed by atoms with Crippen LogP contribution < -0.4 is 20.4 Å². The summed E-state index contributed by atoms with van der Waals surface area (Å²) in [6.07, 6.45) is 1.66. The monoisotopic (exact) mass is 497 g/mol. The average Bonchev–Trinajstić information content (AvgIpc) is 2.90. The van der Waals surface area contributed by atoms with E-state index in [1.807, 2.05) is 6.07 Å². The van der Waals surface area contributed by atoms with Gasteiger partial charge in [0.15, 0.2) is 0 Å². The zero-order valence-electron chi connectivity index (χ0n) is 19.0.